The molecule has 148 valence electrons. The third kappa shape index (κ3) is 5.27. The van der Waals surface area contributed by atoms with E-state index in [-0.39, 0.29) is 18.1 Å². The summed E-state index contributed by atoms with van der Waals surface area (Å²) in [6, 6.07) is 20.7. The molecule has 0 radical (unpaired) electrons. The normalized spacial score (nSPS) is 14.7. The van der Waals surface area contributed by atoms with Crippen LogP contribution in [0.3, 0.4) is 0 Å². The molecule has 27 heavy (non-hydrogen) atoms. The van der Waals surface area contributed by atoms with Crippen LogP contribution in [0.2, 0.25) is 5.04 Å². The molecule has 0 aliphatic rings. The van der Waals surface area contributed by atoms with Crippen LogP contribution in [0.25, 0.3) is 0 Å². The Morgan fingerprint density at radius 3 is 1.74 bits per heavy atom. The summed E-state index contributed by atoms with van der Waals surface area (Å²) in [4.78, 5) is 0. The van der Waals surface area contributed by atoms with Crippen LogP contribution < -0.4 is 10.4 Å². The maximum absolute atomic E-state index is 10.2. The number of hydrogen-bond acceptors (Lipinski definition) is 4. The monoisotopic (exact) mass is 388 g/mol. The van der Waals surface area contributed by atoms with Crippen LogP contribution in [0.5, 0.6) is 0 Å². The van der Waals surface area contributed by atoms with E-state index >= 15 is 0 Å². The molecule has 3 N–H and O–H groups in total. The highest BCUT2D eigenvalue weighted by atomic mass is 28.4. The van der Waals surface area contributed by atoms with E-state index in [1.165, 1.54) is 10.4 Å². The van der Waals surface area contributed by atoms with Gasteiger partial charge in [-0.2, -0.15) is 0 Å². The fourth-order valence-corrected chi connectivity index (χ4v) is 8.20. The van der Waals surface area contributed by atoms with Crippen LogP contribution >= 0.6 is 0 Å². The average Bonchev–Trinajstić information content (AvgIpc) is 2.65. The van der Waals surface area contributed by atoms with E-state index in [2.05, 4.69) is 45.0 Å². The van der Waals surface area contributed by atoms with Crippen LogP contribution in [-0.4, -0.2) is 49.1 Å². The summed E-state index contributed by atoms with van der Waals surface area (Å²) in [5.74, 6) is 0. The van der Waals surface area contributed by atoms with Crippen LogP contribution in [-0.2, 0) is 4.43 Å². The van der Waals surface area contributed by atoms with Crippen molar-refractivity contribution in [3.63, 3.8) is 0 Å². The van der Waals surface area contributed by atoms with Crippen molar-refractivity contribution in [1.82, 2.24) is 0 Å². The molecule has 0 aliphatic carbocycles. The fourth-order valence-electron chi connectivity index (χ4n) is 3.62. The van der Waals surface area contributed by atoms with Gasteiger partial charge in [-0.3, -0.25) is 0 Å². The molecular weight excluding hydrogens is 356 g/mol. The molecule has 2 atom stereocenters. The molecule has 0 saturated heterocycles. The lowest BCUT2D eigenvalue weighted by molar-refractivity contribution is 0.0335. The standard InChI is InChI=1S/C22H32O4Si/c1-22(2,3)27(20-10-6-4-7-11-20,21-12-8-5-9-13-21)26-15-14-18(24)16-19(25)17-23/h4-13,18-19,23-25H,14-17H2,1-3H3/t18-,19-/m0/s1. The quantitative estimate of drug-likeness (QED) is 0.575. The Kier molecular flexibility index (Phi) is 7.76. The zero-order valence-corrected chi connectivity index (χ0v) is 17.5. The maximum Gasteiger partial charge on any atom is 0.261 e. The number of rotatable bonds is 9. The molecule has 0 fully saturated rings. The van der Waals surface area contributed by atoms with Crippen molar-refractivity contribution in [3.05, 3.63) is 60.7 Å². The molecule has 2 rings (SSSR count). The first-order chi connectivity index (χ1) is 12.8. The molecule has 0 saturated carbocycles. The Hall–Kier alpha value is -1.50. The van der Waals surface area contributed by atoms with E-state index in [0.29, 0.717) is 13.0 Å². The van der Waals surface area contributed by atoms with Gasteiger partial charge in [0.25, 0.3) is 8.32 Å². The van der Waals surface area contributed by atoms with E-state index in [1.54, 1.807) is 0 Å². The molecule has 5 heteroatoms. The summed E-state index contributed by atoms with van der Waals surface area (Å²) >= 11 is 0. The zero-order valence-electron chi connectivity index (χ0n) is 16.5. The van der Waals surface area contributed by atoms with E-state index in [0.717, 1.165) is 0 Å². The van der Waals surface area contributed by atoms with Crippen molar-refractivity contribution in [2.24, 2.45) is 0 Å². The van der Waals surface area contributed by atoms with Crippen molar-refractivity contribution in [2.45, 2.75) is 50.9 Å². The molecule has 0 spiro atoms. The lowest BCUT2D eigenvalue weighted by Gasteiger charge is -2.43. The van der Waals surface area contributed by atoms with Crippen LogP contribution in [0.1, 0.15) is 33.6 Å². The third-order valence-corrected chi connectivity index (χ3v) is 9.98. The minimum atomic E-state index is -2.59. The van der Waals surface area contributed by atoms with E-state index < -0.39 is 20.5 Å². The SMILES string of the molecule is CC(C)(C)[Si](OCC[C@H](O)C[C@H](O)CO)(c1ccccc1)c1ccccc1. The summed E-state index contributed by atoms with van der Waals surface area (Å²) in [5.41, 5.74) is 0. The minimum absolute atomic E-state index is 0.106. The van der Waals surface area contributed by atoms with Gasteiger partial charge in [-0.05, 0) is 21.8 Å². The molecular formula is C22H32O4Si. The number of benzene rings is 2. The Morgan fingerprint density at radius 1 is 0.852 bits per heavy atom. The molecule has 4 nitrogen and oxygen atoms in total. The molecule has 2 aromatic carbocycles. The Bertz CT molecular complexity index is 630. The molecule has 2 aromatic rings. The molecule has 0 heterocycles. The fraction of sp³-hybridized carbons (Fsp3) is 0.455. The third-order valence-electron chi connectivity index (χ3n) is 4.94. The maximum atomic E-state index is 10.2. The molecule has 0 bridgehead atoms. The molecule has 0 aromatic heterocycles. The van der Waals surface area contributed by atoms with Gasteiger partial charge in [0.2, 0.25) is 0 Å². The van der Waals surface area contributed by atoms with Crippen LogP contribution in [0.4, 0.5) is 0 Å². The highest BCUT2D eigenvalue weighted by Crippen LogP contribution is 2.36. The minimum Gasteiger partial charge on any atom is -0.407 e. The highest BCUT2D eigenvalue weighted by Gasteiger charge is 2.50. The lowest BCUT2D eigenvalue weighted by Crippen LogP contribution is -2.66. The van der Waals surface area contributed by atoms with Crippen molar-refractivity contribution in [1.29, 1.82) is 0 Å². The van der Waals surface area contributed by atoms with Crippen molar-refractivity contribution < 1.29 is 19.7 Å². The van der Waals surface area contributed by atoms with Gasteiger partial charge in [0.05, 0.1) is 18.8 Å². The first kappa shape index (κ1) is 21.8. The summed E-state index contributed by atoms with van der Waals surface area (Å²) in [5, 5.41) is 30.9. The van der Waals surface area contributed by atoms with Gasteiger partial charge in [0, 0.05) is 13.0 Å². The Labute approximate surface area is 163 Å². The second-order valence-electron chi connectivity index (χ2n) is 8.03. The number of aliphatic hydroxyl groups is 3. The van der Waals surface area contributed by atoms with E-state index in [1.807, 2.05) is 36.4 Å². The molecule has 0 amide bonds. The van der Waals surface area contributed by atoms with Crippen molar-refractivity contribution in [3.8, 4) is 0 Å². The first-order valence-corrected chi connectivity index (χ1v) is 11.4. The summed E-state index contributed by atoms with van der Waals surface area (Å²) in [7, 11) is -2.59. The Morgan fingerprint density at radius 2 is 1.33 bits per heavy atom. The van der Waals surface area contributed by atoms with Gasteiger partial charge in [-0.25, -0.2) is 0 Å². The van der Waals surface area contributed by atoms with Gasteiger partial charge in [-0.1, -0.05) is 81.4 Å². The van der Waals surface area contributed by atoms with Crippen molar-refractivity contribution >= 4 is 18.7 Å². The van der Waals surface area contributed by atoms with Gasteiger partial charge in [0.1, 0.15) is 0 Å². The number of aliphatic hydroxyl groups excluding tert-OH is 3. The van der Waals surface area contributed by atoms with E-state index in [4.69, 9.17) is 9.53 Å². The first-order valence-electron chi connectivity index (χ1n) is 9.53. The van der Waals surface area contributed by atoms with E-state index in [9.17, 15) is 10.2 Å². The topological polar surface area (TPSA) is 69.9 Å². The second-order valence-corrected chi connectivity index (χ2v) is 12.3. The van der Waals surface area contributed by atoms with Gasteiger partial charge < -0.3 is 19.7 Å². The summed E-state index contributed by atoms with van der Waals surface area (Å²) in [6.45, 7) is 6.70. The Balaban J connectivity index is 2.33. The number of hydrogen-bond donors (Lipinski definition) is 3. The zero-order chi connectivity index (χ0) is 19.9. The summed E-state index contributed by atoms with van der Waals surface area (Å²) in [6.07, 6.45) is -1.03. The predicted molar refractivity (Wildman–Crippen MR) is 112 cm³/mol. The second kappa shape index (κ2) is 9.62. The summed E-state index contributed by atoms with van der Waals surface area (Å²) < 4.78 is 6.69. The van der Waals surface area contributed by atoms with Gasteiger partial charge in [0.15, 0.2) is 0 Å². The van der Waals surface area contributed by atoms with Crippen LogP contribution in [0.15, 0.2) is 60.7 Å². The molecule has 0 aliphatic heterocycles. The van der Waals surface area contributed by atoms with Gasteiger partial charge in [-0.15, -0.1) is 0 Å². The van der Waals surface area contributed by atoms with Gasteiger partial charge >= 0.3 is 0 Å². The predicted octanol–water partition coefficient (Wildman–Crippen LogP) is 2.06. The lowest BCUT2D eigenvalue weighted by atomic mass is 10.1. The smallest absolute Gasteiger partial charge is 0.261 e. The average molecular weight is 389 g/mol. The largest absolute Gasteiger partial charge is 0.407 e. The van der Waals surface area contributed by atoms with Crippen molar-refractivity contribution in [2.75, 3.05) is 13.2 Å². The van der Waals surface area contributed by atoms with Crippen LogP contribution in [0, 0.1) is 0 Å². The molecule has 0 unspecified atom stereocenters. The highest BCUT2D eigenvalue weighted by molar-refractivity contribution is 6.99.